The van der Waals surface area contributed by atoms with E-state index in [2.05, 4.69) is 10.3 Å². The number of nitrogens with zero attached hydrogens (tertiary/aromatic N) is 1. The maximum absolute atomic E-state index is 12.1. The molecule has 2 heterocycles. The summed E-state index contributed by atoms with van der Waals surface area (Å²) in [6.45, 7) is 2.47. The minimum absolute atomic E-state index is 0.0213. The van der Waals surface area contributed by atoms with Crippen LogP contribution in [0.5, 0.6) is 11.5 Å². The molecule has 8 heteroatoms. The van der Waals surface area contributed by atoms with Crippen LogP contribution in [0.1, 0.15) is 12.5 Å². The molecule has 0 aliphatic carbocycles. The van der Waals surface area contributed by atoms with Crippen LogP contribution >= 0.6 is 11.6 Å². The van der Waals surface area contributed by atoms with E-state index in [1.165, 1.54) is 13.1 Å². The molecule has 7 nitrogen and oxygen atoms in total. The molecular weight excluding hydrogens is 360 g/mol. The fraction of sp³-hybridized carbons (Fsp3) is 0.278. The summed E-state index contributed by atoms with van der Waals surface area (Å²) >= 11 is 5.74. The van der Waals surface area contributed by atoms with Crippen LogP contribution in [0.25, 0.3) is 0 Å². The van der Waals surface area contributed by atoms with Crippen molar-refractivity contribution in [1.82, 2.24) is 4.98 Å². The van der Waals surface area contributed by atoms with Crippen LogP contribution in [-0.4, -0.2) is 36.2 Å². The fourth-order valence-electron chi connectivity index (χ4n) is 2.33. The number of nitrogens with one attached hydrogen (secondary N) is 1. The van der Waals surface area contributed by atoms with Crippen molar-refractivity contribution < 1.29 is 23.8 Å². The number of anilines is 1. The average Bonchev–Trinajstić information content (AvgIpc) is 2.63. The molecule has 2 aromatic rings. The van der Waals surface area contributed by atoms with Crippen molar-refractivity contribution in [1.29, 1.82) is 0 Å². The molecule has 0 spiro atoms. The number of halogens is 1. The van der Waals surface area contributed by atoms with Gasteiger partial charge < -0.3 is 19.5 Å². The highest BCUT2D eigenvalue weighted by Crippen LogP contribution is 2.30. The molecule has 0 unspecified atom stereocenters. The number of fused-ring (bicyclic) bond motifs is 1. The van der Waals surface area contributed by atoms with Gasteiger partial charge in [0.05, 0.1) is 11.4 Å². The second kappa shape index (κ2) is 8.05. The van der Waals surface area contributed by atoms with Gasteiger partial charge in [0.25, 0.3) is 5.91 Å². The highest BCUT2D eigenvalue weighted by molar-refractivity contribution is 6.30. The number of rotatable bonds is 5. The van der Waals surface area contributed by atoms with Gasteiger partial charge in [0.1, 0.15) is 19.0 Å². The maximum Gasteiger partial charge on any atom is 0.311 e. The van der Waals surface area contributed by atoms with Gasteiger partial charge in [0, 0.05) is 6.20 Å². The topological polar surface area (TPSA) is 86.8 Å². The van der Waals surface area contributed by atoms with E-state index < -0.39 is 18.0 Å². The summed E-state index contributed by atoms with van der Waals surface area (Å²) in [4.78, 5) is 28.1. The molecular formula is C18H17ClN2O5. The number of hydrogen-bond acceptors (Lipinski definition) is 6. The summed E-state index contributed by atoms with van der Waals surface area (Å²) in [5.41, 5.74) is 0.714. The molecule has 26 heavy (non-hydrogen) atoms. The first-order chi connectivity index (χ1) is 12.5. The molecule has 1 aromatic carbocycles. The largest absolute Gasteiger partial charge is 0.486 e. The summed E-state index contributed by atoms with van der Waals surface area (Å²) in [5, 5.41) is 3.02. The summed E-state index contributed by atoms with van der Waals surface area (Å²) in [6, 6.07) is 8.40. The SMILES string of the molecule is C[C@H](OC(=O)Cc1ccc2c(c1)OCCO2)C(=O)Nc1ccc(Cl)cn1. The zero-order valence-corrected chi connectivity index (χ0v) is 14.8. The number of carbonyl (C=O) groups is 2. The number of hydrogen-bond donors (Lipinski definition) is 1. The van der Waals surface area contributed by atoms with Crippen LogP contribution in [0.4, 0.5) is 5.82 Å². The van der Waals surface area contributed by atoms with Gasteiger partial charge in [-0.25, -0.2) is 4.98 Å². The van der Waals surface area contributed by atoms with Gasteiger partial charge in [-0.1, -0.05) is 17.7 Å². The number of amides is 1. The lowest BCUT2D eigenvalue weighted by Gasteiger charge is -2.19. The molecule has 1 amide bonds. The van der Waals surface area contributed by atoms with E-state index in [0.29, 0.717) is 41.1 Å². The van der Waals surface area contributed by atoms with Crippen LogP contribution in [-0.2, 0) is 20.7 Å². The smallest absolute Gasteiger partial charge is 0.311 e. The molecule has 1 aromatic heterocycles. The molecule has 0 radical (unpaired) electrons. The molecule has 1 N–H and O–H groups in total. The lowest BCUT2D eigenvalue weighted by Crippen LogP contribution is -2.30. The van der Waals surface area contributed by atoms with Gasteiger partial charge >= 0.3 is 5.97 Å². The van der Waals surface area contributed by atoms with Crippen molar-refractivity contribution >= 4 is 29.3 Å². The van der Waals surface area contributed by atoms with E-state index in [1.54, 1.807) is 30.3 Å². The van der Waals surface area contributed by atoms with Crippen molar-refractivity contribution in [2.75, 3.05) is 18.5 Å². The molecule has 0 saturated heterocycles. The quantitative estimate of drug-likeness (QED) is 0.807. The predicted molar refractivity (Wildman–Crippen MR) is 94.6 cm³/mol. The molecule has 136 valence electrons. The third kappa shape index (κ3) is 4.64. The van der Waals surface area contributed by atoms with E-state index >= 15 is 0 Å². The summed E-state index contributed by atoms with van der Waals surface area (Å²) in [7, 11) is 0. The zero-order chi connectivity index (χ0) is 18.5. The molecule has 1 aliphatic heterocycles. The van der Waals surface area contributed by atoms with E-state index in [0.717, 1.165) is 0 Å². The Morgan fingerprint density at radius 1 is 1.23 bits per heavy atom. The first-order valence-corrected chi connectivity index (χ1v) is 8.39. The first-order valence-electron chi connectivity index (χ1n) is 8.01. The molecule has 1 atom stereocenters. The van der Waals surface area contributed by atoms with Gasteiger partial charge in [-0.15, -0.1) is 0 Å². The number of pyridine rings is 1. The Morgan fingerprint density at radius 3 is 2.73 bits per heavy atom. The van der Waals surface area contributed by atoms with E-state index in [4.69, 9.17) is 25.8 Å². The minimum Gasteiger partial charge on any atom is -0.486 e. The Hall–Kier alpha value is -2.80. The maximum atomic E-state index is 12.1. The molecule has 0 fully saturated rings. The van der Waals surface area contributed by atoms with Crippen LogP contribution in [0.15, 0.2) is 36.5 Å². The van der Waals surface area contributed by atoms with Gasteiger partial charge in [0.2, 0.25) is 0 Å². The normalized spacial score (nSPS) is 13.6. The number of carbonyl (C=O) groups excluding carboxylic acids is 2. The molecule has 0 bridgehead atoms. The van der Waals surface area contributed by atoms with Crippen molar-refractivity contribution in [3.8, 4) is 11.5 Å². The summed E-state index contributed by atoms with van der Waals surface area (Å²) in [6.07, 6.45) is 0.473. The predicted octanol–water partition coefficient (Wildman–Crippen LogP) is 2.62. The Kier molecular flexibility index (Phi) is 5.58. The molecule has 3 rings (SSSR count). The second-order valence-electron chi connectivity index (χ2n) is 5.64. The Morgan fingerprint density at radius 2 is 2.00 bits per heavy atom. The summed E-state index contributed by atoms with van der Waals surface area (Å²) < 4.78 is 16.1. The number of ether oxygens (including phenoxy) is 3. The van der Waals surface area contributed by atoms with E-state index in [9.17, 15) is 9.59 Å². The third-order valence-electron chi connectivity index (χ3n) is 3.61. The number of benzene rings is 1. The lowest BCUT2D eigenvalue weighted by atomic mass is 10.1. The second-order valence-corrected chi connectivity index (χ2v) is 6.07. The van der Waals surface area contributed by atoms with Crippen LogP contribution in [0, 0.1) is 0 Å². The van der Waals surface area contributed by atoms with Crippen molar-refractivity contribution in [3.63, 3.8) is 0 Å². The Labute approximate surface area is 155 Å². The monoisotopic (exact) mass is 376 g/mol. The summed E-state index contributed by atoms with van der Waals surface area (Å²) in [5.74, 6) is 0.579. The Balaban J connectivity index is 1.53. The first kappa shape index (κ1) is 18.0. The highest BCUT2D eigenvalue weighted by Gasteiger charge is 2.19. The van der Waals surface area contributed by atoms with Crippen molar-refractivity contribution in [3.05, 3.63) is 47.1 Å². The molecule has 0 saturated carbocycles. The number of esters is 1. The average molecular weight is 377 g/mol. The number of aromatic nitrogens is 1. The zero-order valence-electron chi connectivity index (χ0n) is 14.0. The van der Waals surface area contributed by atoms with Crippen LogP contribution in [0.2, 0.25) is 5.02 Å². The standard InChI is InChI=1S/C18H17ClN2O5/c1-11(18(23)21-16-5-3-13(19)10-20-16)26-17(22)9-12-2-4-14-15(8-12)25-7-6-24-14/h2-5,8,10-11H,6-7,9H2,1H3,(H,20,21,23)/t11-/m0/s1. The van der Waals surface area contributed by atoms with E-state index in [-0.39, 0.29) is 6.42 Å². The fourth-order valence-corrected chi connectivity index (χ4v) is 2.45. The van der Waals surface area contributed by atoms with Gasteiger partial charge in [-0.05, 0) is 36.8 Å². The van der Waals surface area contributed by atoms with Gasteiger partial charge in [-0.2, -0.15) is 0 Å². The third-order valence-corrected chi connectivity index (χ3v) is 3.83. The van der Waals surface area contributed by atoms with Crippen molar-refractivity contribution in [2.45, 2.75) is 19.4 Å². The lowest BCUT2D eigenvalue weighted by molar-refractivity contribution is -0.152. The van der Waals surface area contributed by atoms with Crippen LogP contribution < -0.4 is 14.8 Å². The molecule has 1 aliphatic rings. The Bertz CT molecular complexity index is 810. The van der Waals surface area contributed by atoms with Gasteiger partial charge in [-0.3, -0.25) is 9.59 Å². The van der Waals surface area contributed by atoms with Gasteiger partial charge in [0.15, 0.2) is 17.6 Å². The minimum atomic E-state index is -0.961. The van der Waals surface area contributed by atoms with Crippen LogP contribution in [0.3, 0.4) is 0 Å². The van der Waals surface area contributed by atoms with E-state index in [1.807, 2.05) is 0 Å². The highest BCUT2D eigenvalue weighted by atomic mass is 35.5. The van der Waals surface area contributed by atoms with Crippen molar-refractivity contribution in [2.24, 2.45) is 0 Å².